The number of hydrogen-bond acceptors (Lipinski definition) is 0. The van der Waals surface area contributed by atoms with Crippen LogP contribution in [0.3, 0.4) is 0 Å². The molecule has 0 radical (unpaired) electrons. The van der Waals surface area contributed by atoms with Crippen LogP contribution >= 0.6 is 11.6 Å². The molecule has 1 aromatic carbocycles. The Balaban J connectivity index is 3.08. The lowest BCUT2D eigenvalue weighted by atomic mass is 9.83. The van der Waals surface area contributed by atoms with Crippen molar-refractivity contribution in [2.75, 3.05) is 0 Å². The van der Waals surface area contributed by atoms with Crippen LogP contribution in [0.1, 0.15) is 26.3 Å². The van der Waals surface area contributed by atoms with E-state index in [0.29, 0.717) is 0 Å². The Morgan fingerprint density at radius 2 is 1.69 bits per heavy atom. The zero-order valence-electron chi connectivity index (χ0n) is 8.34. The highest BCUT2D eigenvalue weighted by atomic mass is 35.5. The first-order valence-corrected chi connectivity index (χ1v) is 4.85. The standard InChI is InChI=1S/C12H15Cl/c1-12(2,3)11(9-13)10-7-5-4-6-8-10/h4-9H,1-3H3. The molecule has 0 saturated heterocycles. The number of allylic oxidation sites excluding steroid dienone is 1. The smallest absolute Gasteiger partial charge is 0.00858 e. The van der Waals surface area contributed by atoms with Crippen molar-refractivity contribution >= 4 is 17.2 Å². The largest absolute Gasteiger partial charge is 0.0926 e. The van der Waals surface area contributed by atoms with Crippen molar-refractivity contribution in [2.45, 2.75) is 20.8 Å². The Kier molecular flexibility index (Phi) is 3.16. The highest BCUT2D eigenvalue weighted by Crippen LogP contribution is 2.34. The predicted octanol–water partition coefficient (Wildman–Crippen LogP) is 4.31. The molecule has 0 aliphatic carbocycles. The second kappa shape index (κ2) is 3.97. The number of halogens is 1. The van der Waals surface area contributed by atoms with Crippen LogP contribution in [0.25, 0.3) is 5.57 Å². The van der Waals surface area contributed by atoms with Gasteiger partial charge in [-0.05, 0) is 16.6 Å². The third kappa shape index (κ3) is 2.60. The van der Waals surface area contributed by atoms with Gasteiger partial charge in [0.2, 0.25) is 0 Å². The lowest BCUT2D eigenvalue weighted by Crippen LogP contribution is -2.07. The van der Waals surface area contributed by atoms with Crippen molar-refractivity contribution < 1.29 is 0 Å². The maximum absolute atomic E-state index is 5.82. The fourth-order valence-corrected chi connectivity index (χ4v) is 1.73. The average Bonchev–Trinajstić information content (AvgIpc) is 2.05. The second-order valence-corrected chi connectivity index (χ2v) is 4.36. The van der Waals surface area contributed by atoms with Crippen molar-refractivity contribution in [3.63, 3.8) is 0 Å². The second-order valence-electron chi connectivity index (χ2n) is 4.14. The summed E-state index contributed by atoms with van der Waals surface area (Å²) < 4.78 is 0. The van der Waals surface area contributed by atoms with E-state index in [1.165, 1.54) is 11.1 Å². The maximum Gasteiger partial charge on any atom is 0.00858 e. The van der Waals surface area contributed by atoms with Gasteiger partial charge in [0.25, 0.3) is 0 Å². The first-order valence-electron chi connectivity index (χ1n) is 4.42. The molecule has 0 aliphatic rings. The van der Waals surface area contributed by atoms with Crippen LogP contribution in [0, 0.1) is 5.41 Å². The normalized spacial score (nSPS) is 13.1. The molecule has 1 heteroatoms. The molecule has 0 saturated carbocycles. The van der Waals surface area contributed by atoms with Crippen LogP contribution in [0.2, 0.25) is 0 Å². The van der Waals surface area contributed by atoms with Gasteiger partial charge in [0.15, 0.2) is 0 Å². The van der Waals surface area contributed by atoms with E-state index in [0.717, 1.165) is 0 Å². The van der Waals surface area contributed by atoms with Gasteiger partial charge in [0.1, 0.15) is 0 Å². The molecule has 0 aromatic heterocycles. The molecule has 1 rings (SSSR count). The van der Waals surface area contributed by atoms with E-state index in [9.17, 15) is 0 Å². The third-order valence-electron chi connectivity index (χ3n) is 2.00. The fraction of sp³-hybridized carbons (Fsp3) is 0.333. The molecular formula is C12H15Cl. The van der Waals surface area contributed by atoms with Gasteiger partial charge in [0.05, 0.1) is 0 Å². The van der Waals surface area contributed by atoms with Crippen LogP contribution in [0.5, 0.6) is 0 Å². The van der Waals surface area contributed by atoms with Crippen molar-refractivity contribution in [2.24, 2.45) is 5.41 Å². The summed E-state index contributed by atoms with van der Waals surface area (Å²) in [5.41, 5.74) is 4.15. The Morgan fingerprint density at radius 3 is 2.08 bits per heavy atom. The van der Waals surface area contributed by atoms with Gasteiger partial charge in [0, 0.05) is 5.54 Å². The first kappa shape index (κ1) is 10.3. The van der Waals surface area contributed by atoms with Gasteiger partial charge in [-0.2, -0.15) is 0 Å². The predicted molar refractivity (Wildman–Crippen MR) is 59.7 cm³/mol. The average molecular weight is 195 g/mol. The minimum atomic E-state index is 0.100. The van der Waals surface area contributed by atoms with Gasteiger partial charge in [-0.15, -0.1) is 0 Å². The maximum atomic E-state index is 5.82. The molecule has 0 heterocycles. The van der Waals surface area contributed by atoms with Crippen LogP contribution < -0.4 is 0 Å². The molecule has 0 N–H and O–H groups in total. The summed E-state index contributed by atoms with van der Waals surface area (Å²) in [6, 6.07) is 10.2. The minimum Gasteiger partial charge on any atom is -0.0926 e. The summed E-state index contributed by atoms with van der Waals surface area (Å²) in [5, 5.41) is 0. The molecule has 0 amide bonds. The molecule has 70 valence electrons. The van der Waals surface area contributed by atoms with E-state index in [-0.39, 0.29) is 5.41 Å². The van der Waals surface area contributed by atoms with E-state index in [1.54, 1.807) is 5.54 Å². The summed E-state index contributed by atoms with van der Waals surface area (Å²) in [6.45, 7) is 6.48. The lowest BCUT2D eigenvalue weighted by molar-refractivity contribution is 0.567. The summed E-state index contributed by atoms with van der Waals surface area (Å²) in [7, 11) is 0. The van der Waals surface area contributed by atoms with E-state index in [1.807, 2.05) is 18.2 Å². The monoisotopic (exact) mass is 194 g/mol. The van der Waals surface area contributed by atoms with E-state index in [4.69, 9.17) is 11.6 Å². The highest BCUT2D eigenvalue weighted by Gasteiger charge is 2.17. The molecule has 0 unspecified atom stereocenters. The van der Waals surface area contributed by atoms with E-state index >= 15 is 0 Å². The summed E-state index contributed by atoms with van der Waals surface area (Å²) >= 11 is 5.82. The van der Waals surface area contributed by atoms with Crippen LogP contribution in [-0.4, -0.2) is 0 Å². The zero-order chi connectivity index (χ0) is 9.90. The van der Waals surface area contributed by atoms with Crippen molar-refractivity contribution in [1.29, 1.82) is 0 Å². The molecule has 0 atom stereocenters. The van der Waals surface area contributed by atoms with Crippen molar-refractivity contribution in [3.05, 3.63) is 41.4 Å². The SMILES string of the molecule is CC(C)(C)C(=CCl)c1ccccc1. The van der Waals surface area contributed by atoms with E-state index < -0.39 is 0 Å². The molecule has 0 spiro atoms. The van der Waals surface area contributed by atoms with Gasteiger partial charge >= 0.3 is 0 Å². The van der Waals surface area contributed by atoms with Crippen LogP contribution in [0.4, 0.5) is 0 Å². The first-order chi connectivity index (χ1) is 6.05. The molecule has 0 bridgehead atoms. The molecule has 1 aromatic rings. The fourth-order valence-electron chi connectivity index (χ4n) is 1.28. The molecule has 0 fully saturated rings. The quantitative estimate of drug-likeness (QED) is 0.625. The highest BCUT2D eigenvalue weighted by molar-refractivity contribution is 6.28. The zero-order valence-corrected chi connectivity index (χ0v) is 9.10. The minimum absolute atomic E-state index is 0.100. The lowest BCUT2D eigenvalue weighted by Gasteiger charge is -2.22. The molecular weight excluding hydrogens is 180 g/mol. The molecule has 13 heavy (non-hydrogen) atoms. The number of rotatable bonds is 1. The Morgan fingerprint density at radius 1 is 1.15 bits per heavy atom. The van der Waals surface area contributed by atoms with Gasteiger partial charge in [-0.1, -0.05) is 62.7 Å². The summed E-state index contributed by atoms with van der Waals surface area (Å²) in [4.78, 5) is 0. The summed E-state index contributed by atoms with van der Waals surface area (Å²) in [5.74, 6) is 0. The Hall–Kier alpha value is -0.750. The number of hydrogen-bond donors (Lipinski definition) is 0. The third-order valence-corrected chi connectivity index (χ3v) is 2.22. The van der Waals surface area contributed by atoms with E-state index in [2.05, 4.69) is 32.9 Å². The Bertz CT molecular complexity index is 291. The van der Waals surface area contributed by atoms with Gasteiger partial charge < -0.3 is 0 Å². The van der Waals surface area contributed by atoms with Crippen molar-refractivity contribution in [1.82, 2.24) is 0 Å². The van der Waals surface area contributed by atoms with Crippen molar-refractivity contribution in [3.8, 4) is 0 Å². The molecule has 0 aliphatic heterocycles. The topological polar surface area (TPSA) is 0 Å². The molecule has 0 nitrogen and oxygen atoms in total. The Labute approximate surface area is 85.2 Å². The van der Waals surface area contributed by atoms with Gasteiger partial charge in [-0.25, -0.2) is 0 Å². The van der Waals surface area contributed by atoms with Crippen LogP contribution in [-0.2, 0) is 0 Å². The summed E-state index contributed by atoms with van der Waals surface area (Å²) in [6.07, 6.45) is 0. The van der Waals surface area contributed by atoms with Crippen LogP contribution in [0.15, 0.2) is 35.9 Å². The van der Waals surface area contributed by atoms with Gasteiger partial charge in [-0.3, -0.25) is 0 Å². The number of benzene rings is 1.